The van der Waals surface area contributed by atoms with Crippen molar-refractivity contribution in [1.29, 1.82) is 0 Å². The van der Waals surface area contributed by atoms with Gasteiger partial charge in [0.1, 0.15) is 0 Å². The van der Waals surface area contributed by atoms with Crippen LogP contribution in [0.1, 0.15) is 38.5 Å². The van der Waals surface area contributed by atoms with Gasteiger partial charge in [-0.25, -0.2) is 0 Å². The third kappa shape index (κ3) is 5.37. The van der Waals surface area contributed by atoms with E-state index in [0.29, 0.717) is 62.4 Å². The molecule has 0 unspecified atom stereocenters. The van der Waals surface area contributed by atoms with E-state index in [-0.39, 0.29) is 11.5 Å². The summed E-state index contributed by atoms with van der Waals surface area (Å²) < 4.78 is 30.4. The van der Waals surface area contributed by atoms with Gasteiger partial charge < -0.3 is 9.88 Å². The smallest absolute Gasteiger partial charge is 0.282 e. The van der Waals surface area contributed by atoms with Crippen molar-refractivity contribution in [2.45, 2.75) is 45.1 Å². The molecule has 180 valence electrons. The molecule has 0 spiro atoms. The Morgan fingerprint density at radius 2 is 1.61 bits per heavy atom. The summed E-state index contributed by atoms with van der Waals surface area (Å²) in [5, 5.41) is 0.618. The van der Waals surface area contributed by atoms with Gasteiger partial charge in [-0.2, -0.15) is 17.0 Å². The lowest BCUT2D eigenvalue weighted by atomic mass is 10.1. The van der Waals surface area contributed by atoms with Gasteiger partial charge in [0.05, 0.1) is 10.9 Å². The number of H-pyrrole nitrogens is 1. The number of carbonyl (C=O) groups is 1. The van der Waals surface area contributed by atoms with Crippen molar-refractivity contribution in [3.63, 3.8) is 0 Å². The van der Waals surface area contributed by atoms with Crippen LogP contribution in [-0.2, 0) is 21.5 Å². The Kier molecular flexibility index (Phi) is 7.62. The van der Waals surface area contributed by atoms with Crippen LogP contribution in [0.3, 0.4) is 0 Å². The van der Waals surface area contributed by atoms with Crippen molar-refractivity contribution >= 4 is 39.2 Å². The largest absolute Gasteiger partial charge is 0.340 e. The molecule has 33 heavy (non-hydrogen) atoms. The lowest BCUT2D eigenvalue weighted by Gasteiger charge is -2.35. The number of benzene rings is 1. The number of hydrogen-bond donors (Lipinski definition) is 1. The summed E-state index contributed by atoms with van der Waals surface area (Å²) >= 11 is 5.34. The third-order valence-corrected chi connectivity index (χ3v) is 8.83. The molecule has 4 rings (SSSR count). The second-order valence-corrected chi connectivity index (χ2v) is 11.0. The average Bonchev–Trinajstić information content (AvgIpc) is 3.37. The lowest BCUT2D eigenvalue weighted by molar-refractivity contribution is -0.132. The van der Waals surface area contributed by atoms with Gasteiger partial charge >= 0.3 is 0 Å². The van der Waals surface area contributed by atoms with Crippen molar-refractivity contribution in [3.8, 4) is 0 Å². The van der Waals surface area contributed by atoms with Crippen LogP contribution in [0.15, 0.2) is 29.1 Å². The molecule has 2 aromatic rings. The minimum Gasteiger partial charge on any atom is -0.340 e. The molecule has 0 aliphatic carbocycles. The van der Waals surface area contributed by atoms with Gasteiger partial charge in [-0.3, -0.25) is 14.2 Å². The summed E-state index contributed by atoms with van der Waals surface area (Å²) in [5.74, 6) is 0.0633. The average molecular weight is 494 g/mol. The van der Waals surface area contributed by atoms with Crippen LogP contribution in [0.2, 0.25) is 0 Å². The third-order valence-electron chi connectivity index (χ3n) is 6.47. The van der Waals surface area contributed by atoms with Gasteiger partial charge in [0.25, 0.3) is 15.8 Å². The quantitative estimate of drug-likeness (QED) is 0.449. The summed E-state index contributed by atoms with van der Waals surface area (Å²) in [5.41, 5.74) is 0.648. The van der Waals surface area contributed by atoms with Crippen molar-refractivity contribution < 1.29 is 13.2 Å². The molecule has 9 nitrogen and oxygen atoms in total. The summed E-state index contributed by atoms with van der Waals surface area (Å²) in [6, 6.07) is 7.32. The van der Waals surface area contributed by atoms with E-state index in [1.54, 1.807) is 19.8 Å². The number of aromatic nitrogens is 2. The van der Waals surface area contributed by atoms with Crippen LogP contribution in [0, 0.1) is 4.77 Å². The van der Waals surface area contributed by atoms with Gasteiger partial charge in [0.2, 0.25) is 5.91 Å². The maximum Gasteiger partial charge on any atom is 0.282 e. The number of para-hydroxylation sites is 1. The molecule has 0 bridgehead atoms. The van der Waals surface area contributed by atoms with Crippen LogP contribution >= 0.6 is 12.2 Å². The second-order valence-electron chi connectivity index (χ2n) is 8.64. The highest BCUT2D eigenvalue weighted by Crippen LogP contribution is 2.18. The number of nitrogens with zero attached hydrogens (tertiary/aromatic N) is 4. The SMILES string of the molecule is O=C(CCCCCn1c(=S)[nH]c2ccccc2c1=O)N1CCN(S(=O)(=O)N2CCCC2)CC1. The fourth-order valence-electron chi connectivity index (χ4n) is 4.53. The Hall–Kier alpha value is -2.08. The number of carbonyl (C=O) groups excluding carboxylic acids is 1. The number of unbranched alkanes of at least 4 members (excludes halogenated alkanes) is 2. The van der Waals surface area contributed by atoms with Crippen molar-refractivity contribution in [2.75, 3.05) is 39.3 Å². The second kappa shape index (κ2) is 10.5. The predicted octanol–water partition coefficient (Wildman–Crippen LogP) is 2.10. The van der Waals surface area contributed by atoms with E-state index in [2.05, 4.69) is 4.98 Å². The van der Waals surface area contributed by atoms with E-state index in [4.69, 9.17) is 12.2 Å². The van der Waals surface area contributed by atoms with Gasteiger partial charge in [0, 0.05) is 52.2 Å². The zero-order valence-electron chi connectivity index (χ0n) is 18.7. The molecule has 2 aliphatic heterocycles. The highest BCUT2D eigenvalue weighted by molar-refractivity contribution is 7.86. The first-order valence-corrected chi connectivity index (χ1v) is 13.4. The van der Waals surface area contributed by atoms with E-state index in [1.165, 1.54) is 4.31 Å². The molecule has 2 saturated heterocycles. The summed E-state index contributed by atoms with van der Waals surface area (Å²) in [6.07, 6.45) is 4.55. The van der Waals surface area contributed by atoms with E-state index in [9.17, 15) is 18.0 Å². The fraction of sp³-hybridized carbons (Fsp3) is 0.591. The Morgan fingerprint density at radius 3 is 2.33 bits per heavy atom. The number of nitrogens with one attached hydrogen (secondary N) is 1. The standard InChI is InChI=1S/C22H31N5O4S2/c28-20(24-14-16-26(17-15-24)33(30,31)25-11-6-7-12-25)10-2-1-5-13-27-21(29)18-8-3-4-9-19(18)23-22(27)32/h3-4,8-9H,1-2,5-7,10-17H2,(H,23,32). The molecule has 0 atom stereocenters. The molecule has 1 aromatic heterocycles. The minimum atomic E-state index is -3.39. The van der Waals surface area contributed by atoms with Crippen molar-refractivity contribution in [3.05, 3.63) is 39.4 Å². The molecule has 11 heteroatoms. The van der Waals surface area contributed by atoms with Crippen molar-refractivity contribution in [1.82, 2.24) is 23.1 Å². The van der Waals surface area contributed by atoms with E-state index < -0.39 is 10.2 Å². The van der Waals surface area contributed by atoms with Crippen LogP contribution < -0.4 is 5.56 Å². The molecule has 1 amide bonds. The number of rotatable bonds is 8. The maximum atomic E-state index is 12.7. The molecule has 3 heterocycles. The first kappa shape index (κ1) is 24.1. The van der Waals surface area contributed by atoms with Crippen LogP contribution in [0.4, 0.5) is 0 Å². The molecule has 0 radical (unpaired) electrons. The molecule has 1 aromatic carbocycles. The fourth-order valence-corrected chi connectivity index (χ4v) is 6.49. The van der Waals surface area contributed by atoms with Crippen LogP contribution in [0.5, 0.6) is 0 Å². The van der Waals surface area contributed by atoms with Crippen LogP contribution in [-0.4, -0.2) is 76.7 Å². The number of hydrogen-bond acceptors (Lipinski definition) is 5. The van der Waals surface area contributed by atoms with E-state index >= 15 is 0 Å². The van der Waals surface area contributed by atoms with Gasteiger partial charge in [-0.15, -0.1) is 0 Å². The highest BCUT2D eigenvalue weighted by Gasteiger charge is 2.34. The Labute approximate surface area is 199 Å². The number of fused-ring (bicyclic) bond motifs is 1. The normalized spacial score (nSPS) is 18.2. The van der Waals surface area contributed by atoms with Gasteiger partial charge in [0.15, 0.2) is 4.77 Å². The summed E-state index contributed by atoms with van der Waals surface area (Å²) in [7, 11) is -3.39. The zero-order chi connectivity index (χ0) is 23.4. The number of aromatic amines is 1. The molecular formula is C22H31N5O4S2. The number of piperazine rings is 1. The van der Waals surface area contributed by atoms with E-state index in [0.717, 1.165) is 37.6 Å². The number of amides is 1. The first-order chi connectivity index (χ1) is 15.9. The Morgan fingerprint density at radius 1 is 0.939 bits per heavy atom. The summed E-state index contributed by atoms with van der Waals surface area (Å²) in [6.45, 7) is 3.29. The monoisotopic (exact) mass is 493 g/mol. The van der Waals surface area contributed by atoms with Gasteiger partial charge in [-0.05, 0) is 50.0 Å². The molecule has 2 aliphatic rings. The Bertz CT molecular complexity index is 1210. The highest BCUT2D eigenvalue weighted by atomic mass is 32.2. The maximum absolute atomic E-state index is 12.7. The Balaban J connectivity index is 1.20. The molecule has 1 N–H and O–H groups in total. The zero-order valence-corrected chi connectivity index (χ0v) is 20.4. The predicted molar refractivity (Wildman–Crippen MR) is 130 cm³/mol. The minimum absolute atomic E-state index is 0.0633. The van der Waals surface area contributed by atoms with Crippen molar-refractivity contribution in [2.24, 2.45) is 0 Å². The summed E-state index contributed by atoms with van der Waals surface area (Å²) in [4.78, 5) is 30.1. The first-order valence-electron chi connectivity index (χ1n) is 11.6. The molecule has 2 fully saturated rings. The lowest BCUT2D eigenvalue weighted by Crippen LogP contribution is -2.53. The van der Waals surface area contributed by atoms with Crippen LogP contribution in [0.25, 0.3) is 10.9 Å². The van der Waals surface area contributed by atoms with E-state index in [1.807, 2.05) is 18.2 Å². The van der Waals surface area contributed by atoms with Gasteiger partial charge in [-0.1, -0.05) is 18.6 Å². The molecule has 0 saturated carbocycles. The topological polar surface area (TPSA) is 98.7 Å². The molecular weight excluding hydrogens is 462 g/mol.